The van der Waals surface area contributed by atoms with E-state index in [1.54, 1.807) is 23.1 Å². The van der Waals surface area contributed by atoms with Crippen LogP contribution in [0.2, 0.25) is 0 Å². The number of amides is 1. The lowest BCUT2D eigenvalue weighted by molar-refractivity contribution is -0.131. The van der Waals surface area contributed by atoms with E-state index in [1.807, 2.05) is 18.2 Å². The number of piperazine rings is 1. The number of nitrogens with two attached hydrogens (primary N) is 1. The highest BCUT2D eigenvalue weighted by Gasteiger charge is 2.37. The highest BCUT2D eigenvalue weighted by Crippen LogP contribution is 2.41. The molecule has 0 aromatic heterocycles. The minimum atomic E-state index is -3.69. The van der Waals surface area contributed by atoms with Gasteiger partial charge in [0.15, 0.2) is 0 Å². The van der Waals surface area contributed by atoms with Crippen molar-refractivity contribution in [3.05, 3.63) is 36.4 Å². The van der Waals surface area contributed by atoms with E-state index in [4.69, 9.17) is 5.73 Å². The van der Waals surface area contributed by atoms with Gasteiger partial charge in [-0.2, -0.15) is 0 Å². The van der Waals surface area contributed by atoms with Crippen molar-refractivity contribution in [2.45, 2.75) is 4.90 Å². The number of anilines is 1. The van der Waals surface area contributed by atoms with Crippen LogP contribution in [0.1, 0.15) is 0 Å². The summed E-state index contributed by atoms with van der Waals surface area (Å²) in [5.41, 5.74) is 6.17. The molecule has 0 unspecified atom stereocenters. The van der Waals surface area contributed by atoms with Crippen LogP contribution in [0.4, 0.5) is 5.69 Å². The maximum Gasteiger partial charge on any atom is 0.265 e. The molecule has 4 rings (SSSR count). The third-order valence-electron chi connectivity index (χ3n) is 5.13. The normalized spacial score (nSPS) is 19.3. The van der Waals surface area contributed by atoms with Crippen LogP contribution in [-0.2, 0) is 14.8 Å². The van der Waals surface area contributed by atoms with Crippen molar-refractivity contribution >= 4 is 32.4 Å². The molecule has 0 aliphatic carbocycles. The number of sulfonamides is 1. The van der Waals surface area contributed by atoms with Gasteiger partial charge in [-0.25, -0.2) is 8.42 Å². The fourth-order valence-electron chi connectivity index (χ4n) is 3.75. The Bertz CT molecular complexity index is 947. The predicted molar refractivity (Wildman–Crippen MR) is 101 cm³/mol. The zero-order chi connectivity index (χ0) is 18.3. The van der Waals surface area contributed by atoms with Crippen LogP contribution in [0.25, 0.3) is 10.8 Å². The first kappa shape index (κ1) is 17.3. The lowest BCUT2D eigenvalue weighted by atomic mass is 10.1. The van der Waals surface area contributed by atoms with Crippen molar-refractivity contribution in [1.29, 1.82) is 0 Å². The Labute approximate surface area is 153 Å². The number of hydrogen-bond acceptors (Lipinski definition) is 5. The van der Waals surface area contributed by atoms with Gasteiger partial charge in [0.25, 0.3) is 10.0 Å². The third-order valence-corrected chi connectivity index (χ3v) is 6.93. The van der Waals surface area contributed by atoms with E-state index in [-0.39, 0.29) is 17.3 Å². The molecule has 7 nitrogen and oxygen atoms in total. The minimum absolute atomic E-state index is 0.160. The number of carbonyl (C=O) groups is 1. The van der Waals surface area contributed by atoms with Gasteiger partial charge in [0, 0.05) is 44.7 Å². The summed E-state index contributed by atoms with van der Waals surface area (Å²) < 4.78 is 27.2. The van der Waals surface area contributed by atoms with Gasteiger partial charge in [-0.1, -0.05) is 24.3 Å². The van der Waals surface area contributed by atoms with Gasteiger partial charge >= 0.3 is 0 Å². The van der Waals surface area contributed by atoms with Gasteiger partial charge in [0.2, 0.25) is 5.91 Å². The number of hydrogen-bond donors (Lipinski definition) is 1. The molecule has 0 radical (unpaired) electrons. The lowest BCUT2D eigenvalue weighted by Crippen LogP contribution is -2.52. The average Bonchev–Trinajstić information content (AvgIpc) is 2.86. The van der Waals surface area contributed by atoms with E-state index >= 15 is 0 Å². The fraction of sp³-hybridized carbons (Fsp3) is 0.389. The summed E-state index contributed by atoms with van der Waals surface area (Å²) in [6.07, 6.45) is 0. The zero-order valence-corrected chi connectivity index (χ0v) is 15.3. The van der Waals surface area contributed by atoms with E-state index in [0.29, 0.717) is 30.7 Å². The highest BCUT2D eigenvalue weighted by atomic mass is 32.2. The smallest absolute Gasteiger partial charge is 0.265 e. The number of carbonyl (C=O) groups excluding carboxylic acids is 1. The Morgan fingerprint density at radius 1 is 1.04 bits per heavy atom. The molecule has 0 saturated carbocycles. The van der Waals surface area contributed by atoms with E-state index in [0.717, 1.165) is 25.0 Å². The maximum atomic E-state index is 13.0. The summed E-state index contributed by atoms with van der Waals surface area (Å²) in [5, 5.41) is 1.57. The molecule has 2 aliphatic rings. The van der Waals surface area contributed by atoms with E-state index in [9.17, 15) is 13.2 Å². The highest BCUT2D eigenvalue weighted by molar-refractivity contribution is 7.93. The van der Waals surface area contributed by atoms with E-state index in [1.165, 1.54) is 4.31 Å². The van der Waals surface area contributed by atoms with Crippen LogP contribution in [0.15, 0.2) is 41.3 Å². The quantitative estimate of drug-likeness (QED) is 0.840. The molecule has 2 N–H and O–H groups in total. The first-order valence-electron chi connectivity index (χ1n) is 8.77. The Kier molecular flexibility index (Phi) is 4.34. The molecule has 0 atom stereocenters. The summed E-state index contributed by atoms with van der Waals surface area (Å²) in [6, 6.07) is 10.7. The Morgan fingerprint density at radius 3 is 2.42 bits per heavy atom. The van der Waals surface area contributed by atoms with Gasteiger partial charge in [-0.05, 0) is 17.5 Å². The molecular formula is C18H22N4O3S. The first-order valence-corrected chi connectivity index (χ1v) is 10.2. The summed E-state index contributed by atoms with van der Waals surface area (Å²) in [7, 11) is -3.69. The van der Waals surface area contributed by atoms with Crippen LogP contribution >= 0.6 is 0 Å². The molecule has 1 amide bonds. The molecule has 138 valence electrons. The Morgan fingerprint density at radius 2 is 1.73 bits per heavy atom. The summed E-state index contributed by atoms with van der Waals surface area (Å²) >= 11 is 0. The number of nitrogens with zero attached hydrogens (tertiary/aromatic N) is 3. The van der Waals surface area contributed by atoms with Gasteiger partial charge in [-0.3, -0.25) is 14.0 Å². The topological polar surface area (TPSA) is 86.9 Å². The Balaban J connectivity index is 1.56. The second-order valence-corrected chi connectivity index (χ2v) is 8.48. The van der Waals surface area contributed by atoms with Crippen molar-refractivity contribution in [2.75, 3.05) is 50.1 Å². The van der Waals surface area contributed by atoms with Crippen molar-refractivity contribution in [2.24, 2.45) is 5.73 Å². The van der Waals surface area contributed by atoms with Crippen molar-refractivity contribution in [3.63, 3.8) is 0 Å². The average molecular weight is 374 g/mol. The van der Waals surface area contributed by atoms with Gasteiger partial charge in [0.05, 0.1) is 10.6 Å². The van der Waals surface area contributed by atoms with Crippen molar-refractivity contribution in [3.8, 4) is 0 Å². The fourth-order valence-corrected chi connectivity index (χ4v) is 5.41. The second kappa shape index (κ2) is 6.53. The lowest BCUT2D eigenvalue weighted by Gasteiger charge is -2.35. The molecule has 2 aromatic carbocycles. The van der Waals surface area contributed by atoms with Crippen LogP contribution < -0.4 is 10.0 Å². The summed E-state index contributed by atoms with van der Waals surface area (Å²) in [6.45, 7) is 4.00. The second-order valence-electron chi connectivity index (χ2n) is 6.65. The zero-order valence-electron chi connectivity index (χ0n) is 14.5. The predicted octanol–water partition coefficient (Wildman–Crippen LogP) is 0.451. The van der Waals surface area contributed by atoms with Crippen LogP contribution in [0, 0.1) is 0 Å². The van der Waals surface area contributed by atoms with Crippen LogP contribution in [0.5, 0.6) is 0 Å². The van der Waals surface area contributed by atoms with E-state index in [2.05, 4.69) is 4.90 Å². The summed E-state index contributed by atoms with van der Waals surface area (Å²) in [4.78, 5) is 17.0. The van der Waals surface area contributed by atoms with E-state index < -0.39 is 10.0 Å². The first-order chi connectivity index (χ1) is 12.5. The van der Waals surface area contributed by atoms with Crippen molar-refractivity contribution < 1.29 is 13.2 Å². The molecule has 1 saturated heterocycles. The SMILES string of the molecule is NCCN1CCN(C(=O)CN2c3cccc4cccc(c34)S2(=O)=O)CC1. The number of rotatable bonds is 4. The van der Waals surface area contributed by atoms with Crippen LogP contribution in [-0.4, -0.2) is 69.9 Å². The Hall–Kier alpha value is -2.16. The molecular weight excluding hydrogens is 352 g/mol. The van der Waals surface area contributed by atoms with Gasteiger partial charge < -0.3 is 10.6 Å². The molecule has 2 aromatic rings. The molecule has 0 spiro atoms. The standard InChI is InChI=1S/C18H22N4O3S/c19-7-8-20-9-11-21(12-10-20)17(23)13-22-15-5-1-3-14-4-2-6-16(18(14)15)26(22,24)25/h1-6H,7-13,19H2. The molecule has 2 aliphatic heterocycles. The summed E-state index contributed by atoms with van der Waals surface area (Å²) in [5.74, 6) is -0.161. The minimum Gasteiger partial charge on any atom is -0.339 e. The molecule has 0 bridgehead atoms. The molecule has 26 heavy (non-hydrogen) atoms. The number of benzene rings is 2. The van der Waals surface area contributed by atoms with Crippen LogP contribution in [0.3, 0.4) is 0 Å². The third kappa shape index (κ3) is 2.74. The largest absolute Gasteiger partial charge is 0.339 e. The maximum absolute atomic E-state index is 13.0. The monoisotopic (exact) mass is 374 g/mol. The van der Waals surface area contributed by atoms with Gasteiger partial charge in [-0.15, -0.1) is 0 Å². The molecule has 8 heteroatoms. The van der Waals surface area contributed by atoms with Gasteiger partial charge in [0.1, 0.15) is 6.54 Å². The van der Waals surface area contributed by atoms with Crippen molar-refractivity contribution in [1.82, 2.24) is 9.80 Å². The molecule has 1 fully saturated rings. The molecule has 2 heterocycles.